The fraction of sp³-hybridized carbons (Fsp3) is 0.174. The molecule has 0 saturated heterocycles. The number of benzene rings is 2. The number of phenolic OH excluding ortho intramolecular Hbond substituents is 1. The van der Waals surface area contributed by atoms with Crippen molar-refractivity contribution in [1.29, 1.82) is 0 Å². The zero-order valence-corrected chi connectivity index (χ0v) is 18.2. The minimum atomic E-state index is -0.941. The Kier molecular flexibility index (Phi) is 7.68. The topological polar surface area (TPSA) is 138 Å². The monoisotopic (exact) mass is 472 g/mol. The van der Waals surface area contributed by atoms with Crippen molar-refractivity contribution in [2.24, 2.45) is 0 Å². The average molecular weight is 473 g/mol. The first kappa shape index (κ1) is 23.8. The number of carboxylic acid groups (broad SMARTS) is 1. The van der Waals surface area contributed by atoms with Crippen LogP contribution in [0.1, 0.15) is 28.8 Å². The Balaban J connectivity index is 1.80. The van der Waals surface area contributed by atoms with E-state index in [1.807, 2.05) is 0 Å². The Morgan fingerprint density at radius 3 is 2.61 bits per heavy atom. The van der Waals surface area contributed by atoms with Crippen LogP contribution in [0.25, 0.3) is 11.3 Å². The molecular weight excluding hydrogens is 451 g/mol. The van der Waals surface area contributed by atoms with Crippen LogP contribution in [-0.4, -0.2) is 33.6 Å². The van der Waals surface area contributed by atoms with Crippen molar-refractivity contribution in [2.75, 3.05) is 17.6 Å². The third-order valence-corrected chi connectivity index (χ3v) is 5.02. The van der Waals surface area contributed by atoms with Crippen molar-refractivity contribution >= 4 is 40.7 Å². The molecule has 1 aromatic heterocycles. The molecule has 0 aliphatic carbocycles. The number of nitrogen functional groups attached to an aromatic ring is 1. The molecule has 0 bridgehead atoms. The van der Waals surface area contributed by atoms with Gasteiger partial charge in [0.05, 0.1) is 11.3 Å². The van der Waals surface area contributed by atoms with E-state index in [0.717, 1.165) is 0 Å². The van der Waals surface area contributed by atoms with Gasteiger partial charge < -0.3 is 26.6 Å². The summed E-state index contributed by atoms with van der Waals surface area (Å²) in [5.41, 5.74) is 8.27. The number of amides is 1. The normalized spacial score (nSPS) is 10.6. The van der Waals surface area contributed by atoms with Gasteiger partial charge in [-0.2, -0.15) is 0 Å². The highest BCUT2D eigenvalue weighted by molar-refractivity contribution is 6.30. The van der Waals surface area contributed by atoms with Crippen LogP contribution in [0.2, 0.25) is 5.02 Å². The van der Waals surface area contributed by atoms with Crippen molar-refractivity contribution in [1.82, 2.24) is 10.3 Å². The van der Waals surface area contributed by atoms with Crippen LogP contribution >= 0.6 is 11.6 Å². The fourth-order valence-corrected chi connectivity index (χ4v) is 3.32. The number of aromatic nitrogens is 1. The molecule has 3 aromatic rings. The zero-order valence-electron chi connectivity index (χ0n) is 17.4. The minimum absolute atomic E-state index is 0.0431. The molecule has 1 heterocycles. The van der Waals surface area contributed by atoms with E-state index in [2.05, 4.69) is 15.6 Å². The maximum Gasteiger partial charge on any atom is 0.303 e. The van der Waals surface area contributed by atoms with Crippen LogP contribution in [0, 0.1) is 0 Å². The summed E-state index contributed by atoms with van der Waals surface area (Å²) < 4.78 is 13.3. The molecule has 3 rings (SSSR count). The third-order valence-electron chi connectivity index (χ3n) is 4.79. The first-order valence-corrected chi connectivity index (χ1v) is 10.4. The van der Waals surface area contributed by atoms with E-state index < -0.39 is 18.6 Å². The third kappa shape index (κ3) is 6.11. The summed E-state index contributed by atoms with van der Waals surface area (Å²) in [5, 5.41) is 25.1. The first-order chi connectivity index (χ1) is 15.8. The Morgan fingerprint density at radius 2 is 1.91 bits per heavy atom. The van der Waals surface area contributed by atoms with Gasteiger partial charge >= 0.3 is 5.97 Å². The second-order valence-electron chi connectivity index (χ2n) is 7.17. The lowest BCUT2D eigenvalue weighted by molar-refractivity contribution is -0.137. The lowest BCUT2D eigenvalue weighted by Gasteiger charge is -2.13. The minimum Gasteiger partial charge on any atom is -0.507 e. The number of anilines is 3. The number of aromatic hydroxyl groups is 1. The van der Waals surface area contributed by atoms with E-state index in [1.54, 1.807) is 24.3 Å². The van der Waals surface area contributed by atoms with Crippen LogP contribution in [0.4, 0.5) is 21.6 Å². The van der Waals surface area contributed by atoms with Gasteiger partial charge in [-0.25, -0.2) is 9.37 Å². The predicted molar refractivity (Wildman–Crippen MR) is 124 cm³/mol. The molecule has 8 nitrogen and oxygen atoms in total. The van der Waals surface area contributed by atoms with Gasteiger partial charge in [-0.3, -0.25) is 9.59 Å². The second kappa shape index (κ2) is 10.6. The van der Waals surface area contributed by atoms with E-state index in [0.29, 0.717) is 33.2 Å². The van der Waals surface area contributed by atoms with Crippen LogP contribution in [0.5, 0.6) is 5.75 Å². The van der Waals surface area contributed by atoms with E-state index >= 15 is 0 Å². The summed E-state index contributed by atoms with van der Waals surface area (Å²) in [4.78, 5) is 27.1. The summed E-state index contributed by atoms with van der Waals surface area (Å²) in [6, 6.07) is 12.5. The van der Waals surface area contributed by atoms with Gasteiger partial charge in [0.1, 0.15) is 18.2 Å². The Morgan fingerprint density at radius 1 is 1.12 bits per heavy atom. The Labute approximate surface area is 194 Å². The molecular formula is C23H22ClFN4O4. The van der Waals surface area contributed by atoms with E-state index in [9.17, 15) is 19.1 Å². The highest BCUT2D eigenvalue weighted by Crippen LogP contribution is 2.33. The molecule has 0 aliphatic rings. The van der Waals surface area contributed by atoms with Crippen LogP contribution in [0.3, 0.4) is 0 Å². The number of carbonyl (C=O) groups is 2. The first-order valence-electron chi connectivity index (χ1n) is 10.00. The standard InChI is InChI=1S/C23H22ClFN4O4/c24-14-3-6-18(13(10-14)12-25)28-15-4-8-20(30)17(11-15)19-7-5-16(22(26)29-19)23(33)27-9-1-2-21(31)32/h3-8,10-11,28,30H,1-2,9,12H2,(H2,26,29)(H,27,33)(H,31,32). The highest BCUT2D eigenvalue weighted by atomic mass is 35.5. The van der Waals surface area contributed by atoms with Gasteiger partial charge in [-0.1, -0.05) is 11.6 Å². The van der Waals surface area contributed by atoms with Gasteiger partial charge in [0.15, 0.2) is 0 Å². The van der Waals surface area contributed by atoms with Gasteiger partial charge in [0.25, 0.3) is 5.91 Å². The predicted octanol–water partition coefficient (Wildman–Crippen LogP) is 4.50. The van der Waals surface area contributed by atoms with Gasteiger partial charge in [-0.15, -0.1) is 0 Å². The molecule has 10 heteroatoms. The number of hydrogen-bond donors (Lipinski definition) is 5. The highest BCUT2D eigenvalue weighted by Gasteiger charge is 2.15. The number of nitrogens with two attached hydrogens (primary N) is 1. The maximum atomic E-state index is 13.3. The number of carboxylic acids is 1. The molecule has 0 spiro atoms. The van der Waals surface area contributed by atoms with Gasteiger partial charge in [-0.05, 0) is 55.0 Å². The number of nitrogens with zero attached hydrogens (tertiary/aromatic N) is 1. The van der Waals surface area contributed by atoms with Crippen molar-refractivity contribution in [2.45, 2.75) is 19.5 Å². The van der Waals surface area contributed by atoms with Crippen molar-refractivity contribution in [3.63, 3.8) is 0 Å². The summed E-state index contributed by atoms with van der Waals surface area (Å²) in [5.74, 6) is -1.51. The van der Waals surface area contributed by atoms with Gasteiger partial charge in [0.2, 0.25) is 0 Å². The van der Waals surface area contributed by atoms with Crippen LogP contribution in [-0.2, 0) is 11.5 Å². The summed E-state index contributed by atoms with van der Waals surface area (Å²) in [6.45, 7) is -0.516. The molecule has 0 aliphatic heterocycles. The quantitative estimate of drug-likeness (QED) is 0.228. The number of hydrogen-bond acceptors (Lipinski definition) is 6. The van der Waals surface area contributed by atoms with Crippen molar-refractivity contribution < 1.29 is 24.2 Å². The number of aliphatic carboxylic acids is 1. The number of alkyl halides is 1. The van der Waals surface area contributed by atoms with Gasteiger partial charge in [0, 0.05) is 40.5 Å². The summed E-state index contributed by atoms with van der Waals surface area (Å²) in [7, 11) is 0. The molecule has 0 fully saturated rings. The van der Waals surface area contributed by atoms with E-state index in [4.69, 9.17) is 22.4 Å². The van der Waals surface area contributed by atoms with Crippen LogP contribution in [0.15, 0.2) is 48.5 Å². The second-order valence-corrected chi connectivity index (χ2v) is 7.61. The molecule has 1 amide bonds. The SMILES string of the molecule is Nc1nc(-c2cc(Nc3ccc(Cl)cc3CF)ccc2O)ccc1C(=O)NCCCC(=O)O. The summed E-state index contributed by atoms with van der Waals surface area (Å²) in [6.07, 6.45) is 0.233. The van der Waals surface area contributed by atoms with Crippen LogP contribution < -0.4 is 16.4 Å². The smallest absolute Gasteiger partial charge is 0.303 e. The molecule has 0 saturated carbocycles. The fourth-order valence-electron chi connectivity index (χ4n) is 3.12. The molecule has 172 valence electrons. The number of carbonyl (C=O) groups excluding carboxylic acids is 1. The Hall–Kier alpha value is -3.85. The maximum absolute atomic E-state index is 13.3. The van der Waals surface area contributed by atoms with E-state index in [1.165, 1.54) is 24.3 Å². The van der Waals surface area contributed by atoms with Crippen molar-refractivity contribution in [3.8, 4) is 17.0 Å². The summed E-state index contributed by atoms with van der Waals surface area (Å²) >= 11 is 5.92. The van der Waals surface area contributed by atoms with E-state index in [-0.39, 0.29) is 36.5 Å². The Bertz CT molecular complexity index is 1190. The number of halogens is 2. The number of nitrogens with one attached hydrogen (secondary N) is 2. The average Bonchev–Trinajstić information content (AvgIpc) is 2.78. The zero-order chi connectivity index (χ0) is 24.0. The molecule has 33 heavy (non-hydrogen) atoms. The molecule has 2 aromatic carbocycles. The number of rotatable bonds is 9. The molecule has 0 atom stereocenters. The number of pyridine rings is 1. The molecule has 6 N–H and O–H groups in total. The largest absolute Gasteiger partial charge is 0.507 e. The van der Waals surface area contributed by atoms with Crippen molar-refractivity contribution in [3.05, 3.63) is 64.7 Å². The molecule has 0 radical (unpaired) electrons. The number of phenols is 1. The molecule has 0 unspecified atom stereocenters. The lowest BCUT2D eigenvalue weighted by atomic mass is 10.1. The lowest BCUT2D eigenvalue weighted by Crippen LogP contribution is -2.26.